The van der Waals surface area contributed by atoms with Gasteiger partial charge in [-0.05, 0) is 59.9 Å². The van der Waals surface area contributed by atoms with Gasteiger partial charge in [0, 0.05) is 19.5 Å². The Hall–Kier alpha value is -3.76. The van der Waals surface area contributed by atoms with Crippen molar-refractivity contribution in [1.82, 2.24) is 14.9 Å². The van der Waals surface area contributed by atoms with E-state index in [9.17, 15) is 18.0 Å². The van der Waals surface area contributed by atoms with Crippen molar-refractivity contribution in [3.05, 3.63) is 72.3 Å². The number of carbonyl (C=O) groups is 2. The molecule has 3 aromatic rings. The van der Waals surface area contributed by atoms with E-state index in [1.54, 1.807) is 29.2 Å². The summed E-state index contributed by atoms with van der Waals surface area (Å²) in [5.41, 5.74) is 6.85. The third kappa shape index (κ3) is 6.93. The third-order valence-electron chi connectivity index (χ3n) is 6.35. The predicted molar refractivity (Wildman–Crippen MR) is 144 cm³/mol. The van der Waals surface area contributed by atoms with Crippen molar-refractivity contribution in [2.24, 2.45) is 10.7 Å². The lowest BCUT2D eigenvalue weighted by molar-refractivity contribution is -0.137. The molecule has 1 unspecified atom stereocenters. The van der Waals surface area contributed by atoms with Gasteiger partial charge in [-0.2, -0.15) is 0 Å². The van der Waals surface area contributed by atoms with Crippen molar-refractivity contribution in [3.63, 3.8) is 0 Å². The van der Waals surface area contributed by atoms with Gasteiger partial charge in [0.05, 0.1) is 23.5 Å². The number of aliphatic imine (C=N–C) groups is 1. The highest BCUT2D eigenvalue weighted by molar-refractivity contribution is 7.89. The van der Waals surface area contributed by atoms with Crippen LogP contribution >= 0.6 is 0 Å². The van der Waals surface area contributed by atoms with Crippen LogP contribution in [-0.2, 0) is 26.0 Å². The van der Waals surface area contributed by atoms with Crippen molar-refractivity contribution in [2.75, 3.05) is 19.6 Å². The minimum atomic E-state index is -3.92. The standard InChI is InChI=1S/C27H31N5O4S/c28-19-29-23-11-8-20(9-12-23)16-25(27(34)32-14-4-1-5-15-32)31-26(33)18-30-37(35,36)24-13-10-21-6-2-3-7-22(21)17-24/h2-3,6-13,17,19,25,30H,1,4-5,14-16,18H2,(H2,28,29)(H,31,33). The molecule has 37 heavy (non-hydrogen) atoms. The van der Waals surface area contributed by atoms with Crippen LogP contribution in [0.3, 0.4) is 0 Å². The van der Waals surface area contributed by atoms with Crippen LogP contribution in [0, 0.1) is 0 Å². The number of likely N-dealkylation sites (tertiary alicyclic amines) is 1. The fourth-order valence-electron chi connectivity index (χ4n) is 4.40. The summed E-state index contributed by atoms with van der Waals surface area (Å²) in [5.74, 6) is -0.751. The summed E-state index contributed by atoms with van der Waals surface area (Å²) in [6.07, 6.45) is 4.38. The zero-order chi connectivity index (χ0) is 26.3. The number of hydrogen-bond acceptors (Lipinski definition) is 5. The molecule has 0 bridgehead atoms. The Kier molecular flexibility index (Phi) is 8.52. The third-order valence-corrected chi connectivity index (χ3v) is 7.75. The summed E-state index contributed by atoms with van der Waals surface area (Å²) >= 11 is 0. The second kappa shape index (κ2) is 12.0. The summed E-state index contributed by atoms with van der Waals surface area (Å²) in [7, 11) is -3.92. The number of nitrogens with one attached hydrogen (secondary N) is 2. The summed E-state index contributed by atoms with van der Waals surface area (Å²) in [6.45, 7) is 0.803. The van der Waals surface area contributed by atoms with Gasteiger partial charge in [-0.15, -0.1) is 0 Å². The van der Waals surface area contributed by atoms with Gasteiger partial charge in [0.15, 0.2) is 0 Å². The maximum Gasteiger partial charge on any atom is 0.245 e. The van der Waals surface area contributed by atoms with Gasteiger partial charge in [-0.25, -0.2) is 18.1 Å². The first-order valence-electron chi connectivity index (χ1n) is 12.3. The molecule has 1 saturated heterocycles. The van der Waals surface area contributed by atoms with E-state index < -0.39 is 28.5 Å². The van der Waals surface area contributed by atoms with E-state index in [-0.39, 0.29) is 17.2 Å². The van der Waals surface area contributed by atoms with Gasteiger partial charge in [0.2, 0.25) is 21.8 Å². The van der Waals surface area contributed by atoms with E-state index in [0.717, 1.165) is 35.6 Å². The molecule has 9 nitrogen and oxygen atoms in total. The minimum Gasteiger partial charge on any atom is -0.390 e. The summed E-state index contributed by atoms with van der Waals surface area (Å²) in [4.78, 5) is 32.0. The predicted octanol–water partition coefficient (Wildman–Crippen LogP) is 2.48. The fraction of sp³-hybridized carbons (Fsp3) is 0.296. The monoisotopic (exact) mass is 521 g/mol. The SMILES string of the molecule is NC=Nc1ccc(CC(NC(=O)CNS(=O)(=O)c2ccc3ccccc3c2)C(=O)N2CCCCC2)cc1. The number of fused-ring (bicyclic) bond motifs is 1. The smallest absolute Gasteiger partial charge is 0.245 e. The van der Waals surface area contributed by atoms with E-state index in [2.05, 4.69) is 15.0 Å². The molecular weight excluding hydrogens is 490 g/mol. The van der Waals surface area contributed by atoms with Crippen LogP contribution in [0.4, 0.5) is 5.69 Å². The zero-order valence-corrected chi connectivity index (χ0v) is 21.3. The number of hydrogen-bond donors (Lipinski definition) is 3. The van der Waals surface area contributed by atoms with Crippen LogP contribution < -0.4 is 15.8 Å². The lowest BCUT2D eigenvalue weighted by Crippen LogP contribution is -2.52. The molecule has 4 N–H and O–H groups in total. The molecule has 1 atom stereocenters. The molecule has 1 heterocycles. The van der Waals surface area contributed by atoms with Crippen molar-refractivity contribution in [3.8, 4) is 0 Å². The first kappa shape index (κ1) is 26.3. The molecule has 0 saturated carbocycles. The molecule has 1 aliphatic heterocycles. The van der Waals surface area contributed by atoms with Crippen molar-refractivity contribution in [1.29, 1.82) is 0 Å². The fourth-order valence-corrected chi connectivity index (χ4v) is 5.42. The second-order valence-corrected chi connectivity index (χ2v) is 10.8. The van der Waals surface area contributed by atoms with Crippen molar-refractivity contribution < 1.29 is 18.0 Å². The van der Waals surface area contributed by atoms with E-state index in [0.29, 0.717) is 18.8 Å². The Morgan fingerprint density at radius 2 is 1.68 bits per heavy atom. The molecule has 0 aliphatic carbocycles. The van der Waals surface area contributed by atoms with Gasteiger partial charge in [0.1, 0.15) is 6.04 Å². The number of carbonyl (C=O) groups excluding carboxylic acids is 2. The normalized spacial score (nSPS) is 15.1. The highest BCUT2D eigenvalue weighted by atomic mass is 32.2. The minimum absolute atomic E-state index is 0.0696. The highest BCUT2D eigenvalue weighted by Gasteiger charge is 2.28. The van der Waals surface area contributed by atoms with Gasteiger partial charge in [-0.1, -0.05) is 42.5 Å². The van der Waals surface area contributed by atoms with E-state index >= 15 is 0 Å². The Labute approximate surface area is 216 Å². The number of piperidine rings is 1. The van der Waals surface area contributed by atoms with E-state index in [4.69, 9.17) is 5.73 Å². The number of amides is 2. The Balaban J connectivity index is 1.44. The molecule has 3 aromatic carbocycles. The van der Waals surface area contributed by atoms with E-state index in [1.807, 2.05) is 36.4 Å². The maximum atomic E-state index is 13.3. The number of nitrogens with zero attached hydrogens (tertiary/aromatic N) is 2. The van der Waals surface area contributed by atoms with Crippen molar-refractivity contribution >= 4 is 44.6 Å². The molecule has 2 amide bonds. The van der Waals surface area contributed by atoms with Crippen LogP contribution in [0.5, 0.6) is 0 Å². The largest absolute Gasteiger partial charge is 0.390 e. The Morgan fingerprint density at radius 1 is 0.973 bits per heavy atom. The number of sulfonamides is 1. The molecule has 1 fully saturated rings. The summed E-state index contributed by atoms with van der Waals surface area (Å²) < 4.78 is 28.0. The second-order valence-electron chi connectivity index (χ2n) is 8.99. The van der Waals surface area contributed by atoms with E-state index in [1.165, 1.54) is 12.4 Å². The molecule has 4 rings (SSSR count). The first-order chi connectivity index (χ1) is 17.9. The first-order valence-corrected chi connectivity index (χ1v) is 13.7. The van der Waals surface area contributed by atoms with Gasteiger partial charge >= 0.3 is 0 Å². The molecule has 0 aromatic heterocycles. The molecular formula is C27H31N5O4S. The van der Waals surface area contributed by atoms with Gasteiger partial charge in [0.25, 0.3) is 0 Å². The number of benzene rings is 3. The van der Waals surface area contributed by atoms with Crippen LogP contribution in [0.25, 0.3) is 10.8 Å². The quantitative estimate of drug-likeness (QED) is 0.294. The maximum absolute atomic E-state index is 13.3. The summed E-state index contributed by atoms with van der Waals surface area (Å²) in [5, 5.41) is 4.45. The Bertz CT molecular complexity index is 1380. The van der Waals surface area contributed by atoms with Gasteiger partial charge in [-0.3, -0.25) is 9.59 Å². The zero-order valence-electron chi connectivity index (χ0n) is 20.5. The molecule has 194 valence electrons. The molecule has 1 aliphatic rings. The average molecular weight is 522 g/mol. The molecule has 0 spiro atoms. The number of rotatable bonds is 9. The van der Waals surface area contributed by atoms with Crippen LogP contribution in [0.15, 0.2) is 76.6 Å². The summed E-state index contributed by atoms with van der Waals surface area (Å²) in [6, 6.07) is 18.6. The number of nitrogens with two attached hydrogens (primary N) is 1. The van der Waals surface area contributed by atoms with Crippen molar-refractivity contribution in [2.45, 2.75) is 36.6 Å². The lowest BCUT2D eigenvalue weighted by atomic mass is 10.0. The highest BCUT2D eigenvalue weighted by Crippen LogP contribution is 2.19. The van der Waals surface area contributed by atoms with Crippen LogP contribution in [0.2, 0.25) is 0 Å². The van der Waals surface area contributed by atoms with Crippen LogP contribution in [0.1, 0.15) is 24.8 Å². The molecule has 10 heteroatoms. The average Bonchev–Trinajstić information content (AvgIpc) is 2.92. The topological polar surface area (TPSA) is 134 Å². The van der Waals surface area contributed by atoms with Crippen LogP contribution in [-0.4, -0.2) is 57.1 Å². The molecule has 0 radical (unpaired) electrons. The lowest BCUT2D eigenvalue weighted by Gasteiger charge is -2.31. The van der Waals surface area contributed by atoms with Gasteiger partial charge < -0.3 is 16.0 Å². The Morgan fingerprint density at radius 3 is 2.38 bits per heavy atom.